The van der Waals surface area contributed by atoms with Crippen molar-refractivity contribution < 1.29 is 5.11 Å². The molecule has 0 aliphatic rings. The van der Waals surface area contributed by atoms with E-state index in [0.717, 1.165) is 17.5 Å². The first kappa shape index (κ1) is 20.4. The Morgan fingerprint density at radius 2 is 1.26 bits per heavy atom. The molecule has 0 atom stereocenters. The summed E-state index contributed by atoms with van der Waals surface area (Å²) in [5, 5.41) is 10.8. The van der Waals surface area contributed by atoms with Gasteiger partial charge in [-0.25, -0.2) is 0 Å². The van der Waals surface area contributed by atoms with Crippen LogP contribution in [0.25, 0.3) is 0 Å². The van der Waals surface area contributed by atoms with Gasteiger partial charge in [0.05, 0.1) is 0 Å². The third kappa shape index (κ3) is 6.41. The van der Waals surface area contributed by atoms with E-state index in [1.54, 1.807) is 0 Å². The van der Waals surface area contributed by atoms with Gasteiger partial charge in [0, 0.05) is 4.75 Å². The number of aromatic hydroxyl groups is 1. The van der Waals surface area contributed by atoms with Crippen molar-refractivity contribution in [2.24, 2.45) is 0 Å². The molecule has 1 N–H and O–H groups in total. The minimum atomic E-state index is -0.0414. The fourth-order valence-corrected chi connectivity index (χ4v) is 3.54. The fourth-order valence-electron chi connectivity index (χ4n) is 2.64. The predicted octanol–water partition coefficient (Wildman–Crippen LogP) is 6.45. The van der Waals surface area contributed by atoms with Gasteiger partial charge in [0.1, 0.15) is 5.75 Å². The first-order valence-electron chi connectivity index (χ1n) is 8.72. The van der Waals surface area contributed by atoms with E-state index >= 15 is 0 Å². The fraction of sp³-hybridized carbons (Fsp3) is 0.714. The van der Waals surface area contributed by atoms with E-state index in [1.165, 1.54) is 17.7 Å². The molecule has 0 fully saturated rings. The zero-order chi connectivity index (χ0) is 18.1. The van der Waals surface area contributed by atoms with E-state index in [0.29, 0.717) is 10.5 Å². The van der Waals surface area contributed by atoms with Crippen LogP contribution in [0.2, 0.25) is 0 Å². The van der Waals surface area contributed by atoms with E-state index < -0.39 is 0 Å². The molecule has 0 heterocycles. The van der Waals surface area contributed by atoms with Crippen molar-refractivity contribution in [3.63, 3.8) is 0 Å². The van der Waals surface area contributed by atoms with E-state index in [-0.39, 0.29) is 10.8 Å². The molecule has 0 spiro atoms. The quantitative estimate of drug-likeness (QED) is 0.637. The van der Waals surface area contributed by atoms with Gasteiger partial charge >= 0.3 is 0 Å². The Balaban J connectivity index is 3.05. The summed E-state index contributed by atoms with van der Waals surface area (Å²) in [6.07, 6.45) is 2.26. The van der Waals surface area contributed by atoms with E-state index in [2.05, 4.69) is 74.4 Å². The summed E-state index contributed by atoms with van der Waals surface area (Å²) in [4.78, 5) is 0. The van der Waals surface area contributed by atoms with Gasteiger partial charge in [-0.15, -0.1) is 0 Å². The molecule has 0 amide bonds. The largest absolute Gasteiger partial charge is 0.507 e. The van der Waals surface area contributed by atoms with Crippen molar-refractivity contribution in [2.45, 2.75) is 90.7 Å². The Bertz CT molecular complexity index is 489. The van der Waals surface area contributed by atoms with Gasteiger partial charge < -0.3 is 5.11 Å². The normalized spacial score (nSPS) is 13.4. The lowest BCUT2D eigenvalue weighted by Gasteiger charge is -2.28. The molecule has 0 aromatic heterocycles. The second kappa shape index (κ2) is 7.09. The highest BCUT2D eigenvalue weighted by atomic mass is 32.2. The topological polar surface area (TPSA) is 20.2 Å². The second-order valence-electron chi connectivity index (χ2n) is 9.60. The molecule has 0 unspecified atom stereocenters. The molecule has 0 aliphatic heterocycles. The van der Waals surface area contributed by atoms with Crippen LogP contribution in [0.1, 0.15) is 85.4 Å². The second-order valence-corrected chi connectivity index (χ2v) is 11.5. The van der Waals surface area contributed by atoms with Crippen LogP contribution in [0.4, 0.5) is 0 Å². The third-order valence-electron chi connectivity index (χ3n) is 3.93. The molecular weight excluding hydrogens is 300 g/mol. The average Bonchev–Trinajstić information content (AvgIpc) is 2.32. The van der Waals surface area contributed by atoms with E-state index in [9.17, 15) is 5.11 Å². The summed E-state index contributed by atoms with van der Waals surface area (Å²) in [6.45, 7) is 19.9. The predicted molar refractivity (Wildman–Crippen MR) is 106 cm³/mol. The van der Waals surface area contributed by atoms with Gasteiger partial charge in [0.25, 0.3) is 0 Å². The maximum Gasteiger partial charge on any atom is 0.123 e. The minimum absolute atomic E-state index is 0.0414. The van der Waals surface area contributed by atoms with Gasteiger partial charge in [-0.2, -0.15) is 11.8 Å². The Labute approximate surface area is 148 Å². The van der Waals surface area contributed by atoms with Gasteiger partial charge in [-0.1, -0.05) is 74.4 Å². The van der Waals surface area contributed by atoms with Crippen molar-refractivity contribution >= 4 is 11.8 Å². The van der Waals surface area contributed by atoms with Crippen molar-refractivity contribution in [3.8, 4) is 5.75 Å². The van der Waals surface area contributed by atoms with Crippen LogP contribution in [0.15, 0.2) is 12.1 Å². The lowest BCUT2D eigenvalue weighted by molar-refractivity contribution is 0.422. The van der Waals surface area contributed by atoms with Crippen molar-refractivity contribution in [2.75, 3.05) is 5.75 Å². The molecule has 2 heteroatoms. The highest BCUT2D eigenvalue weighted by Gasteiger charge is 2.26. The van der Waals surface area contributed by atoms with Crippen LogP contribution in [-0.2, 0) is 17.3 Å². The first-order valence-corrected chi connectivity index (χ1v) is 9.71. The summed E-state index contributed by atoms with van der Waals surface area (Å²) >= 11 is 2.03. The Morgan fingerprint density at radius 3 is 1.61 bits per heavy atom. The lowest BCUT2D eigenvalue weighted by atomic mass is 9.78. The highest BCUT2D eigenvalue weighted by Crippen LogP contribution is 2.40. The molecule has 1 aromatic rings. The van der Waals surface area contributed by atoms with Crippen LogP contribution in [0.5, 0.6) is 5.75 Å². The van der Waals surface area contributed by atoms with Crippen LogP contribution in [-0.4, -0.2) is 15.6 Å². The molecule has 1 nitrogen and oxygen atoms in total. The number of aryl methyl sites for hydroxylation is 1. The van der Waals surface area contributed by atoms with Crippen LogP contribution in [0.3, 0.4) is 0 Å². The zero-order valence-electron chi connectivity index (χ0n) is 16.6. The zero-order valence-corrected chi connectivity index (χ0v) is 17.4. The Hall–Kier alpha value is -0.630. The molecule has 0 bridgehead atoms. The lowest BCUT2D eigenvalue weighted by Crippen LogP contribution is -2.18. The number of phenolic OH excluding ortho intramolecular Hbond substituents is 1. The molecule has 0 radical (unpaired) electrons. The van der Waals surface area contributed by atoms with Gasteiger partial charge in [-0.05, 0) is 46.1 Å². The molecule has 23 heavy (non-hydrogen) atoms. The Morgan fingerprint density at radius 1 is 0.826 bits per heavy atom. The van der Waals surface area contributed by atoms with E-state index in [1.807, 2.05) is 11.8 Å². The van der Waals surface area contributed by atoms with Gasteiger partial charge in [0.2, 0.25) is 0 Å². The monoisotopic (exact) mass is 336 g/mol. The SMILES string of the molecule is CC(C)(C)SCCCc1cc(C(C)(C)C)c(O)c(C(C)(C)C)c1. The van der Waals surface area contributed by atoms with Gasteiger partial charge in [-0.3, -0.25) is 0 Å². The number of rotatable bonds is 4. The summed E-state index contributed by atoms with van der Waals surface area (Å²) < 4.78 is 0.335. The molecule has 0 aliphatic carbocycles. The molecule has 1 aromatic carbocycles. The summed E-state index contributed by atoms with van der Waals surface area (Å²) in [5.74, 6) is 1.66. The standard InChI is InChI=1S/C21H36OS/c1-19(2,3)16-13-15(11-10-12-23-21(7,8)9)14-17(18(16)22)20(4,5)6/h13-14,22H,10-12H2,1-9H3. The summed E-state index contributed by atoms with van der Waals surface area (Å²) in [7, 11) is 0. The highest BCUT2D eigenvalue weighted by molar-refractivity contribution is 8.00. The number of thioether (sulfide) groups is 1. The molecule has 0 saturated heterocycles. The maximum absolute atomic E-state index is 10.8. The molecule has 1 rings (SSSR count). The smallest absolute Gasteiger partial charge is 0.123 e. The number of hydrogen-bond donors (Lipinski definition) is 1. The number of benzene rings is 1. The van der Waals surface area contributed by atoms with Crippen molar-refractivity contribution in [1.82, 2.24) is 0 Å². The van der Waals surface area contributed by atoms with Crippen molar-refractivity contribution in [1.29, 1.82) is 0 Å². The third-order valence-corrected chi connectivity index (χ3v) is 5.29. The molecule has 0 saturated carbocycles. The minimum Gasteiger partial charge on any atom is -0.507 e. The summed E-state index contributed by atoms with van der Waals surface area (Å²) in [6, 6.07) is 4.43. The van der Waals surface area contributed by atoms with Crippen LogP contribution >= 0.6 is 11.8 Å². The maximum atomic E-state index is 10.8. The average molecular weight is 337 g/mol. The number of hydrogen-bond acceptors (Lipinski definition) is 2. The Kier molecular flexibility index (Phi) is 6.29. The molecular formula is C21H36OS. The van der Waals surface area contributed by atoms with Crippen molar-refractivity contribution in [3.05, 3.63) is 28.8 Å². The van der Waals surface area contributed by atoms with Gasteiger partial charge in [0.15, 0.2) is 0 Å². The van der Waals surface area contributed by atoms with Crippen LogP contribution < -0.4 is 0 Å². The number of phenols is 1. The van der Waals surface area contributed by atoms with E-state index in [4.69, 9.17) is 0 Å². The summed E-state index contributed by atoms with van der Waals surface area (Å²) in [5.41, 5.74) is 3.42. The first-order chi connectivity index (χ1) is 10.2. The van der Waals surface area contributed by atoms with Crippen LogP contribution in [0, 0.1) is 0 Å². The molecule has 132 valence electrons.